The van der Waals surface area contributed by atoms with Crippen molar-refractivity contribution in [3.05, 3.63) is 35.9 Å². The lowest BCUT2D eigenvalue weighted by atomic mass is 9.76. The molecule has 6 heteroatoms. The molecule has 3 heterocycles. The maximum Gasteiger partial charge on any atom is 0.270 e. The Bertz CT molecular complexity index is 848. The number of likely N-dealkylation sites (tertiary alicyclic amines) is 1. The summed E-state index contributed by atoms with van der Waals surface area (Å²) in [5, 5.41) is 10.3. The van der Waals surface area contributed by atoms with Crippen molar-refractivity contribution in [1.29, 1.82) is 0 Å². The average molecular weight is 423 g/mol. The van der Waals surface area contributed by atoms with E-state index in [1.807, 2.05) is 35.2 Å². The zero-order valence-electron chi connectivity index (χ0n) is 18.4. The van der Waals surface area contributed by atoms with Crippen molar-refractivity contribution < 1.29 is 9.59 Å². The second-order valence-corrected chi connectivity index (χ2v) is 9.74. The van der Waals surface area contributed by atoms with Crippen LogP contribution < -0.4 is 5.32 Å². The maximum atomic E-state index is 13.4. The Labute approximate surface area is 185 Å². The molecule has 166 valence electrons. The van der Waals surface area contributed by atoms with E-state index in [4.69, 9.17) is 5.10 Å². The first kappa shape index (κ1) is 20.5. The summed E-state index contributed by atoms with van der Waals surface area (Å²) in [5.74, 6) is 0.483. The van der Waals surface area contributed by atoms with Crippen molar-refractivity contribution in [2.45, 2.75) is 82.3 Å². The van der Waals surface area contributed by atoms with Crippen LogP contribution in [-0.4, -0.2) is 52.1 Å². The highest BCUT2D eigenvalue weighted by atomic mass is 16.2. The maximum absolute atomic E-state index is 13.4. The molecule has 0 unspecified atom stereocenters. The Morgan fingerprint density at radius 3 is 2.52 bits per heavy atom. The van der Waals surface area contributed by atoms with Crippen LogP contribution in [0.5, 0.6) is 0 Å². The fourth-order valence-electron chi connectivity index (χ4n) is 6.35. The molecule has 1 aliphatic carbocycles. The van der Waals surface area contributed by atoms with Gasteiger partial charge < -0.3 is 10.2 Å². The molecule has 2 amide bonds. The molecule has 4 aliphatic rings. The van der Waals surface area contributed by atoms with Gasteiger partial charge in [-0.25, -0.2) is 0 Å². The van der Waals surface area contributed by atoms with Crippen LogP contribution in [0.1, 0.15) is 69.8 Å². The highest BCUT2D eigenvalue weighted by Gasteiger charge is 2.58. The monoisotopic (exact) mass is 422 g/mol. The van der Waals surface area contributed by atoms with Crippen LogP contribution in [0.4, 0.5) is 0 Å². The number of amides is 2. The van der Waals surface area contributed by atoms with Crippen LogP contribution >= 0.6 is 0 Å². The van der Waals surface area contributed by atoms with Crippen molar-refractivity contribution in [2.24, 2.45) is 11.0 Å². The van der Waals surface area contributed by atoms with Gasteiger partial charge in [0, 0.05) is 32.0 Å². The van der Waals surface area contributed by atoms with Gasteiger partial charge in [0.05, 0.1) is 11.6 Å². The van der Waals surface area contributed by atoms with E-state index in [1.165, 1.54) is 6.42 Å². The SMILES string of the molecule is O=C(C[C@H]1CCC[C@@]23CCC[C@@H]2C(C(=O)N2CCCCC2)=NN13)NCc1ccccc1. The van der Waals surface area contributed by atoms with Crippen LogP contribution in [0.3, 0.4) is 0 Å². The van der Waals surface area contributed by atoms with Crippen molar-refractivity contribution in [1.82, 2.24) is 15.2 Å². The van der Waals surface area contributed by atoms with E-state index in [0.29, 0.717) is 13.0 Å². The summed E-state index contributed by atoms with van der Waals surface area (Å²) in [6.45, 7) is 2.29. The predicted octanol–water partition coefficient (Wildman–Crippen LogP) is 3.47. The zero-order valence-corrected chi connectivity index (χ0v) is 18.4. The van der Waals surface area contributed by atoms with Gasteiger partial charge in [-0.3, -0.25) is 14.6 Å². The van der Waals surface area contributed by atoms with E-state index in [2.05, 4.69) is 10.3 Å². The zero-order chi connectivity index (χ0) is 21.3. The van der Waals surface area contributed by atoms with Gasteiger partial charge in [0.25, 0.3) is 5.91 Å². The molecule has 1 saturated carbocycles. The highest BCUT2D eigenvalue weighted by Crippen LogP contribution is 2.52. The smallest absolute Gasteiger partial charge is 0.270 e. The minimum Gasteiger partial charge on any atom is -0.352 e. The molecule has 0 aromatic heterocycles. The first-order chi connectivity index (χ1) is 15.2. The molecule has 6 nitrogen and oxygen atoms in total. The lowest BCUT2D eigenvalue weighted by Crippen LogP contribution is -2.54. The van der Waals surface area contributed by atoms with E-state index < -0.39 is 0 Å². The lowest BCUT2D eigenvalue weighted by molar-refractivity contribution is -0.125. The molecule has 0 radical (unpaired) electrons. The summed E-state index contributed by atoms with van der Waals surface area (Å²) in [6.07, 6.45) is 10.4. The minimum atomic E-state index is -0.0244. The number of benzene rings is 1. The molecule has 31 heavy (non-hydrogen) atoms. The molecular formula is C25H34N4O2. The van der Waals surface area contributed by atoms with Crippen LogP contribution in [0.2, 0.25) is 0 Å². The van der Waals surface area contributed by atoms with Crippen molar-refractivity contribution in [2.75, 3.05) is 13.1 Å². The molecule has 1 N–H and O–H groups in total. The Hall–Kier alpha value is -2.37. The average Bonchev–Trinajstić information content (AvgIpc) is 3.35. The highest BCUT2D eigenvalue weighted by molar-refractivity contribution is 6.40. The molecule has 2 saturated heterocycles. The third kappa shape index (κ3) is 3.85. The number of hydrazone groups is 1. The second kappa shape index (κ2) is 8.64. The van der Waals surface area contributed by atoms with E-state index in [1.54, 1.807) is 0 Å². The van der Waals surface area contributed by atoms with Crippen LogP contribution in [0.25, 0.3) is 0 Å². The van der Waals surface area contributed by atoms with Gasteiger partial charge in [0.15, 0.2) is 0 Å². The van der Waals surface area contributed by atoms with Gasteiger partial charge in [-0.1, -0.05) is 36.8 Å². The minimum absolute atomic E-state index is 0.0244. The van der Waals surface area contributed by atoms with E-state index in [-0.39, 0.29) is 29.3 Å². The second-order valence-electron chi connectivity index (χ2n) is 9.74. The standard InChI is InChI=1S/C25H34N4O2/c30-22(26-18-19-9-3-1-4-10-19)17-20-11-7-13-25-14-8-12-21(25)23(27-29(20)25)24(31)28-15-5-2-6-16-28/h1,3-4,9-10,20-21H,2,5-8,11-18H2,(H,26,30)/t20-,21-,25-/m1/s1. The molecule has 5 rings (SSSR count). The topological polar surface area (TPSA) is 65.0 Å². The molecule has 1 aromatic rings. The van der Waals surface area contributed by atoms with Crippen LogP contribution in [0, 0.1) is 5.92 Å². The Balaban J connectivity index is 1.30. The van der Waals surface area contributed by atoms with Gasteiger partial charge >= 0.3 is 0 Å². The van der Waals surface area contributed by atoms with Gasteiger partial charge in [-0.05, 0) is 56.9 Å². The quantitative estimate of drug-likeness (QED) is 0.790. The lowest BCUT2D eigenvalue weighted by Gasteiger charge is -2.46. The first-order valence-electron chi connectivity index (χ1n) is 12.2. The summed E-state index contributed by atoms with van der Waals surface area (Å²) in [5.41, 5.74) is 1.88. The summed E-state index contributed by atoms with van der Waals surface area (Å²) >= 11 is 0. The molecule has 1 spiro atoms. The number of hydrogen-bond donors (Lipinski definition) is 1. The Morgan fingerprint density at radius 2 is 1.74 bits per heavy atom. The normalized spacial score (nSPS) is 29.9. The molecular weight excluding hydrogens is 388 g/mol. The first-order valence-corrected chi connectivity index (χ1v) is 12.2. The van der Waals surface area contributed by atoms with Gasteiger partial charge in [0.2, 0.25) is 5.91 Å². The third-order valence-corrected chi connectivity index (χ3v) is 7.86. The molecule has 3 aliphatic heterocycles. The van der Waals surface area contributed by atoms with E-state index >= 15 is 0 Å². The number of carbonyl (C=O) groups is 2. The number of nitrogens with zero attached hydrogens (tertiary/aromatic N) is 3. The van der Waals surface area contributed by atoms with Gasteiger partial charge in [0.1, 0.15) is 5.71 Å². The number of piperidine rings is 2. The molecule has 3 atom stereocenters. The Kier molecular flexibility index (Phi) is 5.72. The molecule has 1 aromatic carbocycles. The number of rotatable bonds is 5. The molecule has 3 fully saturated rings. The van der Waals surface area contributed by atoms with Gasteiger partial charge in [-0.15, -0.1) is 0 Å². The third-order valence-electron chi connectivity index (χ3n) is 7.86. The van der Waals surface area contributed by atoms with Crippen molar-refractivity contribution in [3.8, 4) is 0 Å². The van der Waals surface area contributed by atoms with E-state index in [0.717, 1.165) is 75.7 Å². The van der Waals surface area contributed by atoms with Crippen LogP contribution in [-0.2, 0) is 16.1 Å². The van der Waals surface area contributed by atoms with Crippen molar-refractivity contribution in [3.63, 3.8) is 0 Å². The molecule has 0 bridgehead atoms. The summed E-state index contributed by atoms with van der Waals surface area (Å²) in [4.78, 5) is 28.1. The summed E-state index contributed by atoms with van der Waals surface area (Å²) in [6, 6.07) is 10.1. The fraction of sp³-hybridized carbons (Fsp3) is 0.640. The number of carbonyl (C=O) groups excluding carboxylic acids is 2. The van der Waals surface area contributed by atoms with Gasteiger partial charge in [-0.2, -0.15) is 5.10 Å². The fourth-order valence-corrected chi connectivity index (χ4v) is 6.35. The summed E-state index contributed by atoms with van der Waals surface area (Å²) < 4.78 is 0. The number of hydrogen-bond acceptors (Lipinski definition) is 4. The van der Waals surface area contributed by atoms with Crippen molar-refractivity contribution >= 4 is 17.5 Å². The largest absolute Gasteiger partial charge is 0.352 e. The number of nitrogens with one attached hydrogen (secondary N) is 1. The van der Waals surface area contributed by atoms with Crippen LogP contribution in [0.15, 0.2) is 35.4 Å². The predicted molar refractivity (Wildman–Crippen MR) is 120 cm³/mol. The van der Waals surface area contributed by atoms with E-state index in [9.17, 15) is 9.59 Å². The Morgan fingerprint density at radius 1 is 1.00 bits per heavy atom. The summed E-state index contributed by atoms with van der Waals surface area (Å²) in [7, 11) is 0.